The molecule has 0 unspecified atom stereocenters. The topological polar surface area (TPSA) is 78.4 Å². The van der Waals surface area contributed by atoms with Crippen LogP contribution in [-0.4, -0.2) is 57.4 Å². The molecule has 3 aromatic carbocycles. The number of aryl methyl sites for hydroxylation is 1. The highest BCUT2D eigenvalue weighted by Crippen LogP contribution is 2.28. The van der Waals surface area contributed by atoms with Crippen molar-refractivity contribution in [1.82, 2.24) is 15.3 Å². The number of nitrogens with one attached hydrogen (secondary N) is 1. The average molecular weight is 462 g/mol. The van der Waals surface area contributed by atoms with Gasteiger partial charge in [0, 0.05) is 38.6 Å². The van der Waals surface area contributed by atoms with E-state index in [1.54, 1.807) is 7.05 Å². The number of aromatic nitrogens is 2. The average Bonchev–Trinajstić information content (AvgIpc) is 2.87. The number of rotatable bonds is 6. The van der Waals surface area contributed by atoms with E-state index in [4.69, 9.17) is 9.97 Å². The van der Waals surface area contributed by atoms with Crippen LogP contribution in [0.25, 0.3) is 21.7 Å². The molecule has 0 atom stereocenters. The van der Waals surface area contributed by atoms with Crippen molar-refractivity contribution in [3.63, 3.8) is 0 Å². The summed E-state index contributed by atoms with van der Waals surface area (Å²) in [5.74, 6) is 0.993. The summed E-state index contributed by atoms with van der Waals surface area (Å²) in [5, 5.41) is 6.26. The minimum atomic E-state index is -3.61. The Kier molecular flexibility index (Phi) is 5.86. The van der Waals surface area contributed by atoms with E-state index in [-0.39, 0.29) is 5.75 Å². The maximum atomic E-state index is 13.4. The van der Waals surface area contributed by atoms with E-state index < -0.39 is 10.0 Å². The molecule has 170 valence electrons. The predicted octanol–water partition coefficient (Wildman–Crippen LogP) is 3.20. The van der Waals surface area contributed by atoms with Crippen LogP contribution in [0, 0.1) is 0 Å². The Morgan fingerprint density at radius 1 is 0.909 bits per heavy atom. The lowest BCUT2D eigenvalue weighted by atomic mass is 10.0. The summed E-state index contributed by atoms with van der Waals surface area (Å²) in [6, 6.07) is 21.7. The van der Waals surface area contributed by atoms with E-state index in [1.165, 1.54) is 4.31 Å². The van der Waals surface area contributed by atoms with Gasteiger partial charge in [-0.1, -0.05) is 54.6 Å². The van der Waals surface area contributed by atoms with Crippen LogP contribution >= 0.6 is 0 Å². The van der Waals surface area contributed by atoms with Crippen molar-refractivity contribution in [1.29, 1.82) is 0 Å². The number of sulfonamides is 1. The molecular formula is C25H27N5O2S. The van der Waals surface area contributed by atoms with E-state index in [0.717, 1.165) is 53.4 Å². The highest BCUT2D eigenvalue weighted by atomic mass is 32.2. The summed E-state index contributed by atoms with van der Waals surface area (Å²) in [5.41, 5.74) is 1.77. The second-order valence-corrected chi connectivity index (χ2v) is 10.4. The van der Waals surface area contributed by atoms with Gasteiger partial charge < -0.3 is 10.2 Å². The molecular weight excluding hydrogens is 434 g/mol. The van der Waals surface area contributed by atoms with Crippen LogP contribution in [0.15, 0.2) is 66.7 Å². The van der Waals surface area contributed by atoms with Crippen molar-refractivity contribution in [2.45, 2.75) is 6.42 Å². The van der Waals surface area contributed by atoms with Gasteiger partial charge in [-0.15, -0.1) is 0 Å². The minimum Gasteiger partial charge on any atom is -0.338 e. The van der Waals surface area contributed by atoms with Gasteiger partial charge in [0.25, 0.3) is 0 Å². The molecule has 1 aliphatic heterocycles. The third-order valence-electron chi connectivity index (χ3n) is 6.20. The predicted molar refractivity (Wildman–Crippen MR) is 134 cm³/mol. The Hall–Kier alpha value is -3.23. The van der Waals surface area contributed by atoms with Gasteiger partial charge in [0.05, 0.1) is 11.3 Å². The lowest BCUT2D eigenvalue weighted by molar-refractivity contribution is 0.580. The molecule has 8 heteroatoms. The third kappa shape index (κ3) is 4.36. The Bertz CT molecular complexity index is 1400. The van der Waals surface area contributed by atoms with Crippen LogP contribution in [-0.2, 0) is 16.4 Å². The first kappa shape index (κ1) is 21.6. The first-order valence-electron chi connectivity index (χ1n) is 11.2. The number of benzene rings is 3. The van der Waals surface area contributed by atoms with Gasteiger partial charge in [-0.2, -0.15) is 4.98 Å². The summed E-state index contributed by atoms with van der Waals surface area (Å²) >= 11 is 0. The van der Waals surface area contributed by atoms with Crippen molar-refractivity contribution < 1.29 is 8.42 Å². The quantitative estimate of drug-likeness (QED) is 0.475. The van der Waals surface area contributed by atoms with Gasteiger partial charge in [0.1, 0.15) is 0 Å². The maximum Gasteiger partial charge on any atom is 0.236 e. The van der Waals surface area contributed by atoms with Crippen LogP contribution < -0.4 is 14.5 Å². The third-order valence-corrected chi connectivity index (χ3v) is 7.92. The van der Waals surface area contributed by atoms with Gasteiger partial charge in [-0.25, -0.2) is 13.4 Å². The number of piperazine rings is 1. The molecule has 1 aromatic heterocycles. The Labute approximate surface area is 194 Å². The number of anilines is 2. The summed E-state index contributed by atoms with van der Waals surface area (Å²) in [6.45, 7) is 3.28. The number of hydrogen-bond acceptors (Lipinski definition) is 6. The molecule has 2 heterocycles. The van der Waals surface area contributed by atoms with Gasteiger partial charge in [-0.05, 0) is 34.9 Å². The van der Waals surface area contributed by atoms with E-state index in [0.29, 0.717) is 18.2 Å². The highest BCUT2D eigenvalue weighted by molar-refractivity contribution is 7.92. The van der Waals surface area contributed by atoms with Gasteiger partial charge in [0.15, 0.2) is 5.82 Å². The van der Waals surface area contributed by atoms with Crippen molar-refractivity contribution in [3.8, 4) is 0 Å². The number of para-hydroxylation sites is 1. The number of hydrogen-bond donors (Lipinski definition) is 1. The first-order valence-corrected chi connectivity index (χ1v) is 12.8. The molecule has 7 nitrogen and oxygen atoms in total. The standard InChI is InChI=1S/C25H27N5O2S/c1-29(33(31,32)18-13-20-9-6-8-19-7-2-3-10-21(19)20)24-22-11-4-5-12-23(22)27-25(28-24)30-16-14-26-15-17-30/h2-12,26H,13-18H2,1H3. The fourth-order valence-corrected chi connectivity index (χ4v) is 5.47. The Morgan fingerprint density at radius 3 is 2.42 bits per heavy atom. The molecule has 33 heavy (non-hydrogen) atoms. The monoisotopic (exact) mass is 461 g/mol. The van der Waals surface area contributed by atoms with Crippen LogP contribution in [0.3, 0.4) is 0 Å². The summed E-state index contributed by atoms with van der Waals surface area (Å²) < 4.78 is 28.2. The largest absolute Gasteiger partial charge is 0.338 e. The van der Waals surface area contributed by atoms with Crippen LogP contribution in [0.4, 0.5) is 11.8 Å². The molecule has 5 rings (SSSR count). The van der Waals surface area contributed by atoms with Crippen molar-refractivity contribution in [2.75, 3.05) is 48.2 Å². The highest BCUT2D eigenvalue weighted by Gasteiger charge is 2.24. The second kappa shape index (κ2) is 8.96. The fourth-order valence-electron chi connectivity index (χ4n) is 4.31. The van der Waals surface area contributed by atoms with E-state index in [2.05, 4.69) is 10.2 Å². The van der Waals surface area contributed by atoms with Gasteiger partial charge in [-0.3, -0.25) is 4.31 Å². The van der Waals surface area contributed by atoms with E-state index in [1.807, 2.05) is 66.7 Å². The zero-order valence-corrected chi connectivity index (χ0v) is 19.4. The number of nitrogens with zero attached hydrogens (tertiary/aromatic N) is 4. The molecule has 0 bridgehead atoms. The van der Waals surface area contributed by atoms with Gasteiger partial charge >= 0.3 is 0 Å². The lowest BCUT2D eigenvalue weighted by Gasteiger charge is -2.29. The maximum absolute atomic E-state index is 13.4. The minimum absolute atomic E-state index is 0.00119. The fraction of sp³-hybridized carbons (Fsp3) is 0.280. The zero-order chi connectivity index (χ0) is 22.8. The first-order chi connectivity index (χ1) is 16.0. The summed E-state index contributed by atoms with van der Waals surface area (Å²) in [7, 11) is -2.01. The molecule has 4 aromatic rings. The summed E-state index contributed by atoms with van der Waals surface area (Å²) in [4.78, 5) is 11.5. The smallest absolute Gasteiger partial charge is 0.236 e. The molecule has 0 saturated carbocycles. The Morgan fingerprint density at radius 2 is 1.61 bits per heavy atom. The molecule has 0 aliphatic carbocycles. The van der Waals surface area contributed by atoms with Crippen LogP contribution in [0.1, 0.15) is 5.56 Å². The van der Waals surface area contributed by atoms with Crippen molar-refractivity contribution in [2.24, 2.45) is 0 Å². The van der Waals surface area contributed by atoms with E-state index in [9.17, 15) is 8.42 Å². The SMILES string of the molecule is CN(c1nc(N2CCNCC2)nc2ccccc12)S(=O)(=O)CCc1cccc2ccccc12. The molecule has 1 fully saturated rings. The molecule has 0 amide bonds. The van der Waals surface area contributed by atoms with Gasteiger partial charge in [0.2, 0.25) is 16.0 Å². The summed E-state index contributed by atoms with van der Waals surface area (Å²) in [6.07, 6.45) is 0.432. The molecule has 0 radical (unpaired) electrons. The lowest BCUT2D eigenvalue weighted by Crippen LogP contribution is -2.44. The molecule has 0 spiro atoms. The van der Waals surface area contributed by atoms with Crippen molar-refractivity contribution >= 4 is 43.5 Å². The van der Waals surface area contributed by atoms with Crippen LogP contribution in [0.2, 0.25) is 0 Å². The van der Waals surface area contributed by atoms with Crippen molar-refractivity contribution in [3.05, 3.63) is 72.3 Å². The molecule has 1 aliphatic rings. The number of fused-ring (bicyclic) bond motifs is 2. The normalized spacial score (nSPS) is 14.6. The molecule has 1 saturated heterocycles. The second-order valence-electron chi connectivity index (χ2n) is 8.27. The molecule has 1 N–H and O–H groups in total. The van der Waals surface area contributed by atoms with E-state index >= 15 is 0 Å². The zero-order valence-electron chi connectivity index (χ0n) is 18.6. The Balaban J connectivity index is 1.47. The van der Waals surface area contributed by atoms with Crippen LogP contribution in [0.5, 0.6) is 0 Å².